The number of nitrogens with zero attached hydrogens (tertiary/aromatic N) is 35. The van der Waals surface area contributed by atoms with Gasteiger partial charge in [-0.15, -0.1) is 0 Å². The number of rotatable bonds is 18. The van der Waals surface area contributed by atoms with Gasteiger partial charge < -0.3 is 99.7 Å². The molecule has 10 N–H and O–H groups in total. The third-order valence-corrected chi connectivity index (χ3v) is 24.2. The molecule has 5 aliphatic heterocycles. The van der Waals surface area contributed by atoms with Gasteiger partial charge in [0.1, 0.15) is 73.5 Å². The van der Waals surface area contributed by atoms with Crippen LogP contribution in [0.25, 0.3) is 112 Å². The Morgan fingerprint density at radius 2 is 0.496 bits per heavy atom. The minimum Gasteiger partial charge on any atom is -0.378 e. The molecule has 0 saturated carbocycles. The van der Waals surface area contributed by atoms with Crippen LogP contribution >= 0.6 is 31.9 Å². The van der Waals surface area contributed by atoms with Crippen LogP contribution in [0.4, 0.5) is 59.5 Å². The molecule has 20 heterocycles. The topological polar surface area (TPSA) is 539 Å². The van der Waals surface area contributed by atoms with Gasteiger partial charge in [0.2, 0.25) is 59.5 Å². The summed E-state index contributed by atoms with van der Waals surface area (Å²) in [4.78, 5) is 124. The van der Waals surface area contributed by atoms with E-state index in [1.807, 2.05) is 18.4 Å². The summed E-state index contributed by atoms with van der Waals surface area (Å²) >= 11 is 7.14. The lowest BCUT2D eigenvalue weighted by Gasteiger charge is -2.27. The maximum absolute atomic E-state index is 5.66. The summed E-state index contributed by atoms with van der Waals surface area (Å²) in [5.41, 5.74) is 43.4. The van der Waals surface area contributed by atoms with Crippen molar-refractivity contribution < 1.29 is 23.7 Å². The van der Waals surface area contributed by atoms with E-state index >= 15 is 0 Å². The first kappa shape index (κ1) is 93.2. The molecule has 2 unspecified atom stereocenters. The molecule has 0 spiro atoms. The van der Waals surface area contributed by atoms with E-state index in [1.54, 1.807) is 62.0 Å². The Hall–Kier alpha value is -13.1. The third kappa shape index (κ3) is 20.3. The molecule has 2 atom stereocenters. The number of aryl methyl sites for hydroxylation is 3. The lowest BCUT2D eigenvalue weighted by molar-refractivity contribution is 0.122. The van der Waals surface area contributed by atoms with Crippen molar-refractivity contribution in [2.45, 2.75) is 139 Å². The second kappa shape index (κ2) is 41.4. The molecule has 0 amide bonds. The maximum Gasteiger partial charge on any atom is 0.228 e. The second-order valence-electron chi connectivity index (χ2n) is 33.0. The molecule has 15 aromatic heterocycles. The van der Waals surface area contributed by atoms with E-state index in [-0.39, 0.29) is 60.0 Å². The van der Waals surface area contributed by atoms with Gasteiger partial charge in [-0.1, -0.05) is 20.8 Å². The number of imidazole rings is 5. The molecule has 20 rings (SSSR count). The zero-order valence-corrected chi connectivity index (χ0v) is 79.9. The summed E-state index contributed by atoms with van der Waals surface area (Å²) in [6.07, 6.45) is 19.5. The molecule has 5 aliphatic rings. The lowest BCUT2D eigenvalue weighted by atomic mass is 10.2. The monoisotopic (exact) mass is 1940 g/mol. The SMILES string of the molecule is CC(C)n1c(Br)nc2c(-c3cnc(N)nc3)nc(N3CCOCC3)nc21.CCC(C)n1c(Br)nc2c(-c3cnc(N)nc3)nc(N3CCOCC3)nc21.CCC(C)n1c(C)nc2c(-c3cnc(N)nc3)nc(N3CCOCC3)nc21.CCc1nc2c(-c3cnc(N)nc3)nc(N3CCOCC3)nc2n1C(C)C.Cc1nc2c(-c3cnc(N)nc3)nc(N3CCOCC3)nc2n1C(C)C. The molecule has 0 bridgehead atoms. The van der Waals surface area contributed by atoms with Crippen molar-refractivity contribution in [3.8, 4) is 56.3 Å². The molecule has 698 valence electrons. The highest BCUT2D eigenvalue weighted by molar-refractivity contribution is 9.10. The minimum atomic E-state index is 0.192. The van der Waals surface area contributed by atoms with Crippen LogP contribution in [-0.4, -0.2) is 279 Å². The number of hydrogen-bond donors (Lipinski definition) is 5. The predicted octanol–water partition coefficient (Wildman–Crippen LogP) is 9.90. The normalized spacial score (nSPS) is 15.5. The standard InChI is InChI=1S/2C18H24N8O.C17H21BrN8O.C17H22N8O.C16H19BrN8O/c1-4-11(2)26-12(3)22-15-14(13-9-20-17(19)21-10-13)23-18(24-16(15)26)25-5-7-27-8-6-25;1-4-13-22-15-14(12-9-20-17(19)21-10-12)23-18(25-5-7-27-8-6-25)24-16(15)26(13)11(2)3;1-3-10(2)26-14-13(22-15(26)18)12(11-8-20-16(19)21-9-11)23-17(24-14)25-4-6-27-7-5-25;1-10(2)25-11(3)21-14-13(12-8-19-16(18)20-9-12)22-17(23-15(14)25)24-4-6-26-7-5-24;1-9(2)25-13-12(21-14(25)17)11(10-7-19-15(18)20-8-10)22-16(23-13)24-3-5-26-6-4-24/h2*9-11H,4-8H2,1-3H3,(H2,19,20,21);8-10H,3-7H2,1-2H3,(H2,19,20,21);8-10H,4-7H2,1-3H3,(H2,18,19,20);7-9H,3-6H2,1-2H3,(H2,18,19,20). The molecule has 5 fully saturated rings. The maximum atomic E-state index is 5.66. The van der Waals surface area contributed by atoms with Crippen molar-refractivity contribution in [3.05, 3.63) is 88.9 Å². The molecule has 15 aromatic rings. The zero-order valence-electron chi connectivity index (χ0n) is 76.8. The van der Waals surface area contributed by atoms with Crippen molar-refractivity contribution in [2.75, 3.05) is 185 Å². The molecule has 0 aliphatic carbocycles. The summed E-state index contributed by atoms with van der Waals surface area (Å²) < 4.78 is 39.4. The lowest BCUT2D eigenvalue weighted by Crippen LogP contribution is -2.37. The van der Waals surface area contributed by atoms with Crippen molar-refractivity contribution in [1.82, 2.24) is 147 Å². The van der Waals surface area contributed by atoms with Crippen LogP contribution in [0.2, 0.25) is 0 Å². The first-order valence-corrected chi connectivity index (χ1v) is 46.2. The number of nitrogens with two attached hydrogens (primary N) is 5. The van der Waals surface area contributed by atoms with Gasteiger partial charge in [0.15, 0.2) is 37.7 Å². The fourth-order valence-corrected chi connectivity index (χ4v) is 17.5. The second-order valence-corrected chi connectivity index (χ2v) is 34.4. The molecular formula is C86H110Br2N40O5. The van der Waals surface area contributed by atoms with Crippen LogP contribution in [0.3, 0.4) is 0 Å². The molecular weight excluding hydrogens is 1830 g/mol. The Bertz CT molecular complexity index is 6210. The number of ether oxygens (including phenoxy) is 5. The van der Waals surface area contributed by atoms with E-state index in [0.717, 1.165) is 197 Å². The number of anilines is 10. The molecule has 0 radical (unpaired) electrons. The highest BCUT2D eigenvalue weighted by atomic mass is 79.9. The summed E-state index contributed by atoms with van der Waals surface area (Å²) in [5.74, 6) is 7.33. The first-order chi connectivity index (χ1) is 64.3. The van der Waals surface area contributed by atoms with Crippen LogP contribution in [0.1, 0.15) is 137 Å². The van der Waals surface area contributed by atoms with E-state index in [1.165, 1.54) is 0 Å². The molecule has 0 aromatic carbocycles. The Morgan fingerprint density at radius 1 is 0.278 bits per heavy atom. The molecule has 47 heteroatoms. The predicted molar refractivity (Wildman–Crippen MR) is 514 cm³/mol. The smallest absolute Gasteiger partial charge is 0.228 e. The van der Waals surface area contributed by atoms with Gasteiger partial charge in [0.25, 0.3) is 0 Å². The minimum absolute atomic E-state index is 0.192. The zero-order chi connectivity index (χ0) is 93.4. The molecule has 45 nitrogen and oxygen atoms in total. The van der Waals surface area contributed by atoms with E-state index in [2.05, 4.69) is 206 Å². The van der Waals surface area contributed by atoms with Crippen molar-refractivity contribution in [1.29, 1.82) is 0 Å². The Morgan fingerprint density at radius 3 is 0.759 bits per heavy atom. The highest BCUT2D eigenvalue weighted by Crippen LogP contribution is 2.39. The third-order valence-electron chi connectivity index (χ3n) is 23.1. The quantitative estimate of drug-likeness (QED) is 0.0498. The van der Waals surface area contributed by atoms with Gasteiger partial charge in [0.05, 0.1) is 66.1 Å². The van der Waals surface area contributed by atoms with E-state index in [9.17, 15) is 0 Å². The van der Waals surface area contributed by atoms with Crippen molar-refractivity contribution >= 4 is 147 Å². The van der Waals surface area contributed by atoms with Crippen LogP contribution in [0.15, 0.2) is 71.4 Å². The summed E-state index contributed by atoms with van der Waals surface area (Å²) in [5, 5.41) is 0. The number of hydrogen-bond acceptors (Lipinski definition) is 40. The molecule has 5 saturated heterocycles. The van der Waals surface area contributed by atoms with Crippen LogP contribution in [0.5, 0.6) is 0 Å². The summed E-state index contributed by atoms with van der Waals surface area (Å²) in [6, 6.07) is 1.21. The van der Waals surface area contributed by atoms with Gasteiger partial charge in [-0.2, -0.15) is 24.9 Å². The first-order valence-electron chi connectivity index (χ1n) is 44.6. The van der Waals surface area contributed by atoms with Gasteiger partial charge in [-0.05, 0) is 114 Å². The van der Waals surface area contributed by atoms with Crippen LogP contribution < -0.4 is 53.2 Å². The fourth-order valence-electron chi connectivity index (χ4n) is 16.0. The van der Waals surface area contributed by atoms with Gasteiger partial charge in [0, 0.05) is 192 Å². The van der Waals surface area contributed by atoms with Crippen LogP contribution in [0, 0.1) is 13.8 Å². The van der Waals surface area contributed by atoms with Gasteiger partial charge in [-0.3, -0.25) is 0 Å². The number of halogens is 2. The average Bonchev–Trinajstić information content (AvgIpc) is 1.64. The summed E-state index contributed by atoms with van der Waals surface area (Å²) in [6.45, 7) is 41.7. The van der Waals surface area contributed by atoms with E-state index in [4.69, 9.17) is 122 Å². The van der Waals surface area contributed by atoms with E-state index in [0.29, 0.717) is 123 Å². The Kier molecular flexibility index (Phi) is 29.0. The largest absolute Gasteiger partial charge is 0.378 e. The van der Waals surface area contributed by atoms with Crippen LogP contribution in [-0.2, 0) is 30.1 Å². The Balaban J connectivity index is 0.000000121. The fraction of sp³-hybridized carbons (Fsp3) is 0.477. The summed E-state index contributed by atoms with van der Waals surface area (Å²) in [7, 11) is 0. The van der Waals surface area contributed by atoms with Crippen molar-refractivity contribution in [3.63, 3.8) is 0 Å². The average molecular weight is 1940 g/mol. The number of fused-ring (bicyclic) bond motifs is 5. The number of morpholine rings is 5. The Labute approximate surface area is 783 Å². The number of nitrogen functional groups attached to an aromatic ring is 5. The number of aromatic nitrogens is 30. The van der Waals surface area contributed by atoms with Gasteiger partial charge in [-0.25, -0.2) is 99.7 Å². The van der Waals surface area contributed by atoms with Gasteiger partial charge >= 0.3 is 0 Å². The van der Waals surface area contributed by atoms with E-state index < -0.39 is 0 Å². The molecule has 133 heavy (non-hydrogen) atoms. The highest BCUT2D eigenvalue weighted by Gasteiger charge is 2.31. The van der Waals surface area contributed by atoms with Crippen molar-refractivity contribution in [2.24, 2.45) is 0 Å².